The molecule has 0 unspecified atom stereocenters. The summed E-state index contributed by atoms with van der Waals surface area (Å²) in [4.78, 5) is 2.40. The molecular weight excluding hydrogens is 703 g/mol. The fraction of sp³-hybridized carbons (Fsp3) is 0. The van der Waals surface area contributed by atoms with Crippen LogP contribution in [0.4, 0.5) is 17.1 Å². The lowest BCUT2D eigenvalue weighted by Crippen LogP contribution is -2.11. The molecule has 0 N–H and O–H groups in total. The molecule has 9 aromatic carbocycles. The number of furan rings is 2. The molecule has 3 aromatic heterocycles. The van der Waals surface area contributed by atoms with E-state index in [-0.39, 0.29) is 0 Å². The summed E-state index contributed by atoms with van der Waals surface area (Å²) < 4.78 is 15.7. The Kier molecular flexibility index (Phi) is 6.80. The first-order chi connectivity index (χ1) is 27.8. The van der Waals surface area contributed by atoms with E-state index in [4.69, 9.17) is 8.83 Å². The molecule has 0 aliphatic heterocycles. The van der Waals surface area contributed by atoms with Gasteiger partial charge >= 0.3 is 0 Å². The monoisotopic (exact) mass is 733 g/mol. The quantitative estimate of drug-likeness (QED) is 0.176. The molecule has 4 heteroatoms. The van der Waals surface area contributed by atoms with Gasteiger partial charge in [-0.2, -0.15) is 0 Å². The minimum Gasteiger partial charge on any atom is -0.456 e. The van der Waals surface area contributed by atoms with Crippen LogP contribution in [0.2, 0.25) is 0 Å². The Balaban J connectivity index is 1.10. The van der Waals surface area contributed by atoms with Crippen LogP contribution in [0.15, 0.2) is 197 Å². The Labute approximate surface area is 325 Å². The SMILES string of the molecule is c1ccc(N(c2ccc(-c3cccc4c3sc3ccccc34)cc2)c2cccc3oc4ccccc4c23)c(-c2cccc3oc4cc5ccccc5cc4c23)c1. The lowest BCUT2D eigenvalue weighted by Gasteiger charge is -2.29. The standard InChI is InChI=1S/C52H31NO2S/c1-2-13-34-31-48-42(30-33(34)12-1)50-39(18-10-23-46(50)55-48)37-14-3-6-20-43(37)53(44-21-11-24-47-51(44)41-16-4-7-22-45(41)54-47)35-28-26-32(27-29-35)36-17-9-19-40-38-15-5-8-25-49(38)56-52(36)40/h1-31H. The zero-order valence-corrected chi connectivity index (χ0v) is 30.9. The average Bonchev–Trinajstić information content (AvgIpc) is 3.95. The molecule has 0 saturated heterocycles. The van der Waals surface area contributed by atoms with E-state index >= 15 is 0 Å². The fourth-order valence-electron chi connectivity index (χ4n) is 8.75. The van der Waals surface area contributed by atoms with E-state index in [0.717, 1.165) is 72.1 Å². The van der Waals surface area contributed by atoms with Gasteiger partial charge in [-0.25, -0.2) is 0 Å². The highest BCUT2D eigenvalue weighted by molar-refractivity contribution is 7.26. The van der Waals surface area contributed by atoms with Crippen molar-refractivity contribution in [2.24, 2.45) is 0 Å². The van der Waals surface area contributed by atoms with Gasteiger partial charge in [-0.15, -0.1) is 11.3 Å². The Morgan fingerprint density at radius 2 is 0.982 bits per heavy atom. The number of thiophene rings is 1. The minimum atomic E-state index is 0.856. The second-order valence-corrected chi connectivity index (χ2v) is 15.5. The highest BCUT2D eigenvalue weighted by atomic mass is 32.1. The summed E-state index contributed by atoms with van der Waals surface area (Å²) in [7, 11) is 0. The summed E-state index contributed by atoms with van der Waals surface area (Å²) in [6.07, 6.45) is 0. The van der Waals surface area contributed by atoms with Crippen molar-refractivity contribution >= 4 is 103 Å². The highest BCUT2D eigenvalue weighted by Crippen LogP contribution is 2.49. The fourth-order valence-corrected chi connectivity index (χ4v) is 9.99. The van der Waals surface area contributed by atoms with Crippen LogP contribution in [-0.2, 0) is 0 Å². The lowest BCUT2D eigenvalue weighted by molar-refractivity contribution is 0.669. The maximum atomic E-state index is 6.57. The van der Waals surface area contributed by atoms with Gasteiger partial charge in [0, 0.05) is 47.6 Å². The molecule has 0 fully saturated rings. The third-order valence-corrected chi connectivity index (χ3v) is 12.5. The van der Waals surface area contributed by atoms with Gasteiger partial charge in [-0.1, -0.05) is 127 Å². The number of nitrogens with zero attached hydrogens (tertiary/aromatic N) is 1. The van der Waals surface area contributed by atoms with E-state index in [2.05, 4.69) is 187 Å². The first-order valence-electron chi connectivity index (χ1n) is 18.9. The van der Waals surface area contributed by atoms with Crippen molar-refractivity contribution in [3.8, 4) is 22.3 Å². The summed E-state index contributed by atoms with van der Waals surface area (Å²) >= 11 is 1.86. The molecule has 0 bridgehead atoms. The molecule has 0 amide bonds. The maximum absolute atomic E-state index is 6.57. The molecule has 3 heterocycles. The van der Waals surface area contributed by atoms with Gasteiger partial charge in [0.2, 0.25) is 0 Å². The predicted octanol–water partition coefficient (Wildman–Crippen LogP) is 15.8. The first kappa shape index (κ1) is 31.2. The van der Waals surface area contributed by atoms with E-state index in [1.54, 1.807) is 0 Å². The number of rotatable bonds is 5. The molecule has 12 rings (SSSR count). The number of hydrogen-bond donors (Lipinski definition) is 0. The second kappa shape index (κ2) is 12.2. The maximum Gasteiger partial charge on any atom is 0.137 e. The van der Waals surface area contributed by atoms with Crippen molar-refractivity contribution in [2.45, 2.75) is 0 Å². The highest BCUT2D eigenvalue weighted by Gasteiger charge is 2.24. The van der Waals surface area contributed by atoms with Crippen LogP contribution in [-0.4, -0.2) is 0 Å². The number of fused-ring (bicyclic) bond motifs is 10. The molecule has 3 nitrogen and oxygen atoms in total. The van der Waals surface area contributed by atoms with Gasteiger partial charge < -0.3 is 13.7 Å². The molecule has 0 aliphatic rings. The van der Waals surface area contributed by atoms with Crippen molar-refractivity contribution in [1.82, 2.24) is 0 Å². The molecule has 56 heavy (non-hydrogen) atoms. The number of hydrogen-bond acceptors (Lipinski definition) is 4. The van der Waals surface area contributed by atoms with E-state index in [1.807, 2.05) is 17.4 Å². The first-order valence-corrected chi connectivity index (χ1v) is 19.7. The van der Waals surface area contributed by atoms with Gasteiger partial charge in [-0.3, -0.25) is 0 Å². The van der Waals surface area contributed by atoms with Crippen molar-refractivity contribution in [3.05, 3.63) is 188 Å². The van der Waals surface area contributed by atoms with E-state index in [1.165, 1.54) is 42.1 Å². The normalized spacial score (nSPS) is 11.9. The third kappa shape index (κ3) is 4.70. The Hall–Kier alpha value is -7.14. The minimum absolute atomic E-state index is 0.856. The van der Waals surface area contributed by atoms with Crippen LogP contribution in [0, 0.1) is 0 Å². The van der Waals surface area contributed by atoms with Crippen LogP contribution in [0.5, 0.6) is 0 Å². The molecular formula is C52H31NO2S. The molecule has 12 aromatic rings. The Bertz CT molecular complexity index is 3500. The van der Waals surface area contributed by atoms with Crippen molar-refractivity contribution < 1.29 is 8.83 Å². The lowest BCUT2D eigenvalue weighted by atomic mass is 9.95. The number of benzene rings is 9. The summed E-state index contributed by atoms with van der Waals surface area (Å²) in [5, 5.41) is 9.35. The zero-order valence-electron chi connectivity index (χ0n) is 30.1. The van der Waals surface area contributed by atoms with Crippen LogP contribution < -0.4 is 4.90 Å². The summed E-state index contributed by atoms with van der Waals surface area (Å²) in [5.41, 5.74) is 11.3. The zero-order chi connectivity index (χ0) is 36.7. The smallest absolute Gasteiger partial charge is 0.137 e. The van der Waals surface area contributed by atoms with E-state index in [0.29, 0.717) is 0 Å². The van der Waals surface area contributed by atoms with Gasteiger partial charge in [0.1, 0.15) is 22.3 Å². The Morgan fingerprint density at radius 3 is 1.88 bits per heavy atom. The van der Waals surface area contributed by atoms with E-state index < -0.39 is 0 Å². The van der Waals surface area contributed by atoms with Gasteiger partial charge in [0.25, 0.3) is 0 Å². The van der Waals surface area contributed by atoms with Crippen molar-refractivity contribution in [1.29, 1.82) is 0 Å². The van der Waals surface area contributed by atoms with Crippen LogP contribution in [0.3, 0.4) is 0 Å². The van der Waals surface area contributed by atoms with E-state index in [9.17, 15) is 0 Å². The predicted molar refractivity (Wildman–Crippen MR) is 237 cm³/mol. The van der Waals surface area contributed by atoms with Gasteiger partial charge in [0.05, 0.1) is 16.8 Å². The average molecular weight is 734 g/mol. The molecule has 0 atom stereocenters. The summed E-state index contributed by atoms with van der Waals surface area (Å²) in [5.74, 6) is 0. The largest absolute Gasteiger partial charge is 0.456 e. The van der Waals surface area contributed by atoms with Gasteiger partial charge in [0.15, 0.2) is 0 Å². The molecule has 0 spiro atoms. The number of anilines is 3. The van der Waals surface area contributed by atoms with Gasteiger partial charge in [-0.05, 0) is 88.1 Å². The second-order valence-electron chi connectivity index (χ2n) is 14.4. The Morgan fingerprint density at radius 1 is 0.375 bits per heavy atom. The van der Waals surface area contributed by atoms with Crippen LogP contribution in [0.1, 0.15) is 0 Å². The van der Waals surface area contributed by atoms with Crippen molar-refractivity contribution in [2.75, 3.05) is 4.90 Å². The molecule has 0 saturated carbocycles. The third-order valence-electron chi connectivity index (χ3n) is 11.3. The van der Waals surface area contributed by atoms with Crippen LogP contribution >= 0.6 is 11.3 Å². The topological polar surface area (TPSA) is 29.5 Å². The summed E-state index contributed by atoms with van der Waals surface area (Å²) in [6, 6.07) is 67.2. The van der Waals surface area contributed by atoms with Crippen molar-refractivity contribution in [3.63, 3.8) is 0 Å². The summed E-state index contributed by atoms with van der Waals surface area (Å²) in [6.45, 7) is 0. The molecule has 262 valence electrons. The number of para-hydroxylation sites is 2. The molecule has 0 radical (unpaired) electrons. The van der Waals surface area contributed by atoms with Crippen LogP contribution in [0.25, 0.3) is 97.1 Å². The molecule has 0 aliphatic carbocycles.